The summed E-state index contributed by atoms with van der Waals surface area (Å²) in [5.74, 6) is -0.993. The van der Waals surface area contributed by atoms with Crippen molar-refractivity contribution in [1.29, 1.82) is 0 Å². The molecule has 25 heavy (non-hydrogen) atoms. The molecule has 0 radical (unpaired) electrons. The van der Waals surface area contributed by atoms with Crippen molar-refractivity contribution in [2.45, 2.75) is 32.2 Å². The zero-order valence-electron chi connectivity index (χ0n) is 14.7. The van der Waals surface area contributed by atoms with Crippen LogP contribution in [-0.2, 0) is 9.39 Å². The van der Waals surface area contributed by atoms with E-state index in [1.807, 2.05) is 19.1 Å². The zero-order valence-corrected chi connectivity index (χ0v) is 14.7. The van der Waals surface area contributed by atoms with Crippen LogP contribution in [0, 0.1) is 5.82 Å². The van der Waals surface area contributed by atoms with Gasteiger partial charge in [0.2, 0.25) is 0 Å². The highest BCUT2D eigenvalue weighted by Crippen LogP contribution is 2.28. The Balaban J connectivity index is 2.03. The third-order valence-electron chi connectivity index (χ3n) is 4.12. The van der Waals surface area contributed by atoms with Crippen LogP contribution < -0.4 is 0 Å². The maximum atomic E-state index is 13.4. The molecule has 0 saturated carbocycles. The Hall–Kier alpha value is -1.89. The van der Waals surface area contributed by atoms with Crippen LogP contribution in [0.1, 0.15) is 25.3 Å². The summed E-state index contributed by atoms with van der Waals surface area (Å²) in [4.78, 5) is 0. The quantitative estimate of drug-likeness (QED) is 0.739. The molecule has 0 aliphatic carbocycles. The zero-order chi connectivity index (χ0) is 18.4. The average Bonchev–Trinajstić information content (AvgIpc) is 2.56. The molecule has 1 unspecified atom stereocenters. The lowest BCUT2D eigenvalue weighted by molar-refractivity contribution is 0.176. The van der Waals surface area contributed by atoms with Gasteiger partial charge in [0, 0.05) is 13.4 Å². The lowest BCUT2D eigenvalue weighted by Crippen LogP contribution is -2.32. The van der Waals surface area contributed by atoms with E-state index >= 15 is 0 Å². The molecule has 0 bridgehead atoms. The molecule has 0 saturated heterocycles. The Morgan fingerprint density at radius 1 is 1.52 bits per heavy atom. The number of phenolic OH excluding ortho intramolecular Hbond substituents is 1. The van der Waals surface area contributed by atoms with Crippen molar-refractivity contribution in [1.82, 2.24) is 0 Å². The van der Waals surface area contributed by atoms with Crippen LogP contribution in [0.2, 0.25) is 6.32 Å². The number of benzene rings is 1. The molecule has 1 aliphatic heterocycles. The lowest BCUT2D eigenvalue weighted by atomic mass is 9.78. The van der Waals surface area contributed by atoms with Crippen molar-refractivity contribution in [3.05, 3.63) is 59.0 Å². The van der Waals surface area contributed by atoms with Crippen LogP contribution in [0.3, 0.4) is 0 Å². The van der Waals surface area contributed by atoms with Gasteiger partial charge in [0.05, 0.1) is 12.7 Å². The van der Waals surface area contributed by atoms with Crippen LogP contribution in [0.15, 0.2) is 47.6 Å². The summed E-state index contributed by atoms with van der Waals surface area (Å²) in [5, 5.41) is 19.0. The van der Waals surface area contributed by atoms with Gasteiger partial charge in [-0.1, -0.05) is 30.4 Å². The molecule has 2 N–H and O–H groups in total. The van der Waals surface area contributed by atoms with E-state index in [1.165, 1.54) is 12.1 Å². The van der Waals surface area contributed by atoms with E-state index in [0.717, 1.165) is 23.1 Å². The van der Waals surface area contributed by atoms with Crippen molar-refractivity contribution in [2.75, 3.05) is 13.7 Å². The predicted octanol–water partition coefficient (Wildman–Crippen LogP) is 3.72. The maximum Gasteiger partial charge on any atom is 0.458 e. The first kappa shape index (κ1) is 19.4. The van der Waals surface area contributed by atoms with Crippen LogP contribution in [0.25, 0.3) is 6.08 Å². The topological polar surface area (TPSA) is 58.9 Å². The smallest absolute Gasteiger partial charge is 0.458 e. The summed E-state index contributed by atoms with van der Waals surface area (Å²) in [5.41, 5.74) is 3.56. The number of hydrogen-bond acceptors (Lipinski definition) is 4. The first-order valence-electron chi connectivity index (χ1n) is 8.27. The molecule has 0 amide bonds. The number of methoxy groups -OCH3 is 1. The molecule has 0 aromatic heterocycles. The van der Waals surface area contributed by atoms with Gasteiger partial charge in [0.25, 0.3) is 0 Å². The fourth-order valence-corrected chi connectivity index (χ4v) is 2.86. The van der Waals surface area contributed by atoms with Gasteiger partial charge >= 0.3 is 7.12 Å². The Morgan fingerprint density at radius 2 is 2.28 bits per heavy atom. The molecule has 1 heterocycles. The van der Waals surface area contributed by atoms with Gasteiger partial charge in [-0.3, -0.25) is 0 Å². The minimum absolute atomic E-state index is 0.244. The number of rotatable bonds is 7. The highest BCUT2D eigenvalue weighted by Gasteiger charge is 2.27. The number of hydrogen-bond donors (Lipinski definition) is 2. The largest absolute Gasteiger partial charge is 0.505 e. The molecule has 1 aliphatic rings. The van der Waals surface area contributed by atoms with Gasteiger partial charge < -0.3 is 19.5 Å². The van der Waals surface area contributed by atoms with Crippen molar-refractivity contribution in [3.63, 3.8) is 0 Å². The molecule has 134 valence electrons. The first-order chi connectivity index (χ1) is 11.9. The Morgan fingerprint density at radius 3 is 2.96 bits per heavy atom. The normalized spacial score (nSPS) is 18.2. The van der Waals surface area contributed by atoms with Gasteiger partial charge in [-0.15, -0.1) is 0 Å². The van der Waals surface area contributed by atoms with Gasteiger partial charge in [-0.05, 0) is 48.6 Å². The molecule has 0 fully saturated rings. The Bertz CT molecular complexity index is 684. The average molecular weight is 346 g/mol. The van der Waals surface area contributed by atoms with Crippen molar-refractivity contribution < 1.29 is 23.9 Å². The Kier molecular flexibility index (Phi) is 6.99. The minimum Gasteiger partial charge on any atom is -0.505 e. The van der Waals surface area contributed by atoms with E-state index in [2.05, 4.69) is 6.58 Å². The third kappa shape index (κ3) is 5.56. The molecule has 4 nitrogen and oxygen atoms in total. The van der Waals surface area contributed by atoms with Gasteiger partial charge in [0.15, 0.2) is 11.6 Å². The van der Waals surface area contributed by atoms with Crippen LogP contribution in [-0.4, -0.2) is 37.1 Å². The third-order valence-corrected chi connectivity index (χ3v) is 4.12. The van der Waals surface area contributed by atoms with Crippen molar-refractivity contribution in [3.8, 4) is 5.75 Å². The molecule has 1 atom stereocenters. The monoisotopic (exact) mass is 346 g/mol. The minimum atomic E-state index is -0.806. The summed E-state index contributed by atoms with van der Waals surface area (Å²) >= 11 is 0. The van der Waals surface area contributed by atoms with E-state index in [9.17, 15) is 14.5 Å². The Labute approximate surface area is 148 Å². The van der Waals surface area contributed by atoms with Crippen LogP contribution >= 0.6 is 0 Å². The first-order valence-corrected chi connectivity index (χ1v) is 8.27. The number of phenols is 1. The second kappa shape index (κ2) is 8.99. The summed E-state index contributed by atoms with van der Waals surface area (Å²) in [6, 6.07) is 4.30. The van der Waals surface area contributed by atoms with Crippen molar-refractivity contribution >= 4 is 13.2 Å². The molecule has 6 heteroatoms. The standard InChI is InChI=1S/C19H24BFO4/c1-13(10-15-5-6-18(22)17(21)11-15)4-7-19-16(14(2)12-24-3)8-9-20(23)25-19/h5-6,8,10-11,19,22-23H,2,4,7,9,12H2,1,3H3/b13-10+. The molecule has 0 spiro atoms. The van der Waals surface area contributed by atoms with E-state index in [1.54, 1.807) is 13.2 Å². The SMILES string of the molecule is C=C(COC)C1=CCB(O)OC1CC/C(C)=C/c1ccc(O)c(F)c1. The number of aromatic hydroxyl groups is 1. The van der Waals surface area contributed by atoms with Crippen LogP contribution in [0.5, 0.6) is 5.75 Å². The highest BCUT2D eigenvalue weighted by atomic mass is 19.1. The van der Waals surface area contributed by atoms with Crippen molar-refractivity contribution in [2.24, 2.45) is 0 Å². The van der Waals surface area contributed by atoms with E-state index in [4.69, 9.17) is 9.39 Å². The number of halogens is 1. The second-order valence-electron chi connectivity index (χ2n) is 6.25. The maximum absolute atomic E-state index is 13.4. The molecular formula is C19H24BFO4. The summed E-state index contributed by atoms with van der Waals surface area (Å²) in [6.07, 6.45) is 5.41. The highest BCUT2D eigenvalue weighted by molar-refractivity contribution is 6.43. The molecule has 2 rings (SSSR count). The fraction of sp³-hybridized carbons (Fsp3) is 0.368. The summed E-state index contributed by atoms with van der Waals surface area (Å²) < 4.78 is 24.2. The van der Waals surface area contributed by atoms with E-state index in [0.29, 0.717) is 24.9 Å². The second-order valence-corrected chi connectivity index (χ2v) is 6.25. The van der Waals surface area contributed by atoms with E-state index in [-0.39, 0.29) is 11.9 Å². The number of allylic oxidation sites excluding steroid dienone is 2. The molecular weight excluding hydrogens is 322 g/mol. The molecule has 1 aromatic rings. The van der Waals surface area contributed by atoms with E-state index < -0.39 is 12.9 Å². The van der Waals surface area contributed by atoms with Gasteiger partial charge in [-0.25, -0.2) is 4.39 Å². The van der Waals surface area contributed by atoms with Gasteiger partial charge in [-0.2, -0.15) is 0 Å². The molecule has 1 aromatic carbocycles. The fourth-order valence-electron chi connectivity index (χ4n) is 2.86. The summed E-state index contributed by atoms with van der Waals surface area (Å²) in [6.45, 7) is 6.40. The summed E-state index contributed by atoms with van der Waals surface area (Å²) in [7, 11) is 0.808. The lowest BCUT2D eigenvalue weighted by Gasteiger charge is -2.28. The number of ether oxygens (including phenoxy) is 1. The van der Waals surface area contributed by atoms with Gasteiger partial charge in [0.1, 0.15) is 0 Å². The van der Waals surface area contributed by atoms with Crippen LogP contribution in [0.4, 0.5) is 4.39 Å². The predicted molar refractivity (Wildman–Crippen MR) is 97.7 cm³/mol.